The number of carbonyl (C=O) groups is 2. The van der Waals surface area contributed by atoms with E-state index >= 15 is 0 Å². The van der Waals surface area contributed by atoms with Crippen LogP contribution in [0.25, 0.3) is 11.3 Å². The number of amides is 1. The van der Waals surface area contributed by atoms with Crippen molar-refractivity contribution in [2.24, 2.45) is 5.92 Å². The summed E-state index contributed by atoms with van der Waals surface area (Å²) in [5.74, 6) is -0.537. The summed E-state index contributed by atoms with van der Waals surface area (Å²) in [5, 5.41) is 11.6. The van der Waals surface area contributed by atoms with Crippen LogP contribution in [0.5, 0.6) is 5.75 Å². The van der Waals surface area contributed by atoms with Crippen LogP contribution in [-0.4, -0.2) is 30.1 Å². The molecule has 2 rings (SSSR count). The lowest BCUT2D eigenvalue weighted by Crippen LogP contribution is -2.44. The fourth-order valence-corrected chi connectivity index (χ4v) is 2.10. The zero-order chi connectivity index (χ0) is 17.0. The number of hydrogen-bond donors (Lipinski definition) is 2. The van der Waals surface area contributed by atoms with E-state index < -0.39 is 17.9 Å². The second kappa shape index (κ2) is 7.00. The number of hydrogen-bond acceptors (Lipinski definition) is 4. The fourth-order valence-electron chi connectivity index (χ4n) is 2.10. The third kappa shape index (κ3) is 3.91. The molecule has 2 aromatic rings. The summed E-state index contributed by atoms with van der Waals surface area (Å²) in [6.07, 6.45) is 0. The second-order valence-corrected chi connectivity index (χ2v) is 5.43. The van der Waals surface area contributed by atoms with Crippen LogP contribution < -0.4 is 10.1 Å². The minimum Gasteiger partial charge on any atom is -0.497 e. The molecule has 1 amide bonds. The standard InChI is InChI=1S/C17H19NO5/c1-10(2)15(17(20)21)18-16(19)14-9-8-13(23-14)11-4-6-12(22-3)7-5-11/h4-10,15H,1-3H3,(H,18,19)(H,20,21)/t15-/m0/s1. The molecule has 0 radical (unpaired) electrons. The topological polar surface area (TPSA) is 88.8 Å². The van der Waals surface area contributed by atoms with Gasteiger partial charge in [0.05, 0.1) is 7.11 Å². The maximum Gasteiger partial charge on any atom is 0.326 e. The molecule has 0 unspecified atom stereocenters. The summed E-state index contributed by atoms with van der Waals surface area (Å²) in [6, 6.07) is 9.43. The van der Waals surface area contributed by atoms with Crippen LogP contribution in [-0.2, 0) is 4.79 Å². The van der Waals surface area contributed by atoms with Gasteiger partial charge in [-0.25, -0.2) is 4.79 Å². The van der Waals surface area contributed by atoms with E-state index in [0.717, 1.165) is 11.3 Å². The average molecular weight is 317 g/mol. The van der Waals surface area contributed by atoms with Gasteiger partial charge in [0.2, 0.25) is 0 Å². The van der Waals surface area contributed by atoms with Gasteiger partial charge in [-0.05, 0) is 42.3 Å². The summed E-state index contributed by atoms with van der Waals surface area (Å²) in [4.78, 5) is 23.3. The van der Waals surface area contributed by atoms with E-state index in [1.807, 2.05) is 12.1 Å². The molecular formula is C17H19NO5. The van der Waals surface area contributed by atoms with Crippen molar-refractivity contribution in [3.63, 3.8) is 0 Å². The molecule has 1 aromatic carbocycles. The molecule has 0 spiro atoms. The Morgan fingerprint density at radius 2 is 1.78 bits per heavy atom. The number of nitrogens with one attached hydrogen (secondary N) is 1. The Kier molecular flexibility index (Phi) is 5.05. The molecule has 0 bridgehead atoms. The number of methoxy groups -OCH3 is 1. The van der Waals surface area contributed by atoms with Gasteiger partial charge in [0, 0.05) is 5.56 Å². The molecule has 1 heterocycles. The van der Waals surface area contributed by atoms with Crippen molar-refractivity contribution in [1.29, 1.82) is 0 Å². The summed E-state index contributed by atoms with van der Waals surface area (Å²) in [7, 11) is 1.58. The smallest absolute Gasteiger partial charge is 0.326 e. The van der Waals surface area contributed by atoms with Crippen LogP contribution in [0.1, 0.15) is 24.4 Å². The zero-order valence-electron chi connectivity index (χ0n) is 13.2. The van der Waals surface area contributed by atoms with Crippen molar-refractivity contribution in [2.75, 3.05) is 7.11 Å². The third-order valence-corrected chi connectivity index (χ3v) is 3.42. The number of furan rings is 1. The Morgan fingerprint density at radius 3 is 2.30 bits per heavy atom. The number of carbonyl (C=O) groups excluding carboxylic acids is 1. The number of ether oxygens (including phenoxy) is 1. The highest BCUT2D eigenvalue weighted by atomic mass is 16.5. The Morgan fingerprint density at radius 1 is 1.13 bits per heavy atom. The van der Waals surface area contributed by atoms with E-state index in [1.165, 1.54) is 6.07 Å². The van der Waals surface area contributed by atoms with Gasteiger partial charge >= 0.3 is 5.97 Å². The molecule has 6 nitrogen and oxygen atoms in total. The number of carboxylic acid groups (broad SMARTS) is 1. The first kappa shape index (κ1) is 16.6. The van der Waals surface area contributed by atoms with Crippen molar-refractivity contribution in [2.45, 2.75) is 19.9 Å². The van der Waals surface area contributed by atoms with Gasteiger partial charge in [0.15, 0.2) is 5.76 Å². The lowest BCUT2D eigenvalue weighted by molar-refractivity contribution is -0.140. The number of carboxylic acids is 1. The van der Waals surface area contributed by atoms with Crippen molar-refractivity contribution in [3.05, 3.63) is 42.2 Å². The van der Waals surface area contributed by atoms with E-state index in [4.69, 9.17) is 14.3 Å². The Bertz CT molecular complexity index is 687. The van der Waals surface area contributed by atoms with Crippen LogP contribution in [0, 0.1) is 5.92 Å². The summed E-state index contributed by atoms with van der Waals surface area (Å²) in [5.41, 5.74) is 0.795. The molecule has 2 N–H and O–H groups in total. The van der Waals surface area contributed by atoms with Gasteiger partial charge in [-0.3, -0.25) is 4.79 Å². The van der Waals surface area contributed by atoms with Gasteiger partial charge in [0.25, 0.3) is 5.91 Å². The van der Waals surface area contributed by atoms with E-state index in [0.29, 0.717) is 5.76 Å². The Balaban J connectivity index is 2.14. The maximum absolute atomic E-state index is 12.1. The van der Waals surface area contributed by atoms with Gasteiger partial charge < -0.3 is 19.6 Å². The molecule has 1 aromatic heterocycles. The fraction of sp³-hybridized carbons (Fsp3) is 0.294. The Hall–Kier alpha value is -2.76. The molecule has 0 saturated carbocycles. The van der Waals surface area contributed by atoms with Gasteiger partial charge in [0.1, 0.15) is 17.6 Å². The average Bonchev–Trinajstić information content (AvgIpc) is 3.01. The van der Waals surface area contributed by atoms with E-state index in [9.17, 15) is 9.59 Å². The van der Waals surface area contributed by atoms with Crippen molar-refractivity contribution < 1.29 is 23.8 Å². The lowest BCUT2D eigenvalue weighted by atomic mass is 10.0. The third-order valence-electron chi connectivity index (χ3n) is 3.42. The van der Waals surface area contributed by atoms with E-state index in [1.54, 1.807) is 39.2 Å². The van der Waals surface area contributed by atoms with Crippen molar-refractivity contribution in [1.82, 2.24) is 5.32 Å². The molecule has 122 valence electrons. The number of aliphatic carboxylic acids is 1. The monoisotopic (exact) mass is 317 g/mol. The SMILES string of the molecule is COc1ccc(-c2ccc(C(=O)N[C@H](C(=O)O)C(C)C)o2)cc1. The second-order valence-electron chi connectivity index (χ2n) is 5.43. The van der Waals surface area contributed by atoms with Gasteiger partial charge in [-0.2, -0.15) is 0 Å². The molecule has 6 heteroatoms. The number of benzene rings is 1. The minimum absolute atomic E-state index is 0.0720. The predicted molar refractivity (Wildman–Crippen MR) is 84.4 cm³/mol. The molecule has 23 heavy (non-hydrogen) atoms. The highest BCUT2D eigenvalue weighted by Crippen LogP contribution is 2.24. The molecule has 1 atom stereocenters. The molecule has 0 aliphatic heterocycles. The largest absolute Gasteiger partial charge is 0.497 e. The summed E-state index contributed by atoms with van der Waals surface area (Å²) in [6.45, 7) is 3.45. The van der Waals surface area contributed by atoms with Gasteiger partial charge in [-0.15, -0.1) is 0 Å². The van der Waals surface area contributed by atoms with Crippen LogP contribution in [0.4, 0.5) is 0 Å². The quantitative estimate of drug-likeness (QED) is 0.855. The van der Waals surface area contributed by atoms with Crippen LogP contribution >= 0.6 is 0 Å². The number of rotatable bonds is 6. The van der Waals surface area contributed by atoms with E-state index in [2.05, 4.69) is 5.32 Å². The van der Waals surface area contributed by atoms with Crippen LogP contribution in [0.3, 0.4) is 0 Å². The lowest BCUT2D eigenvalue weighted by Gasteiger charge is -2.16. The summed E-state index contributed by atoms with van der Waals surface area (Å²) >= 11 is 0. The first-order valence-corrected chi connectivity index (χ1v) is 7.20. The maximum atomic E-state index is 12.1. The zero-order valence-corrected chi connectivity index (χ0v) is 13.2. The molecule has 0 aliphatic carbocycles. The van der Waals surface area contributed by atoms with Crippen molar-refractivity contribution >= 4 is 11.9 Å². The van der Waals surface area contributed by atoms with Crippen molar-refractivity contribution in [3.8, 4) is 17.1 Å². The molecule has 0 aliphatic rings. The van der Waals surface area contributed by atoms with Gasteiger partial charge in [-0.1, -0.05) is 13.8 Å². The van der Waals surface area contributed by atoms with Crippen LogP contribution in [0.15, 0.2) is 40.8 Å². The first-order chi connectivity index (χ1) is 10.9. The first-order valence-electron chi connectivity index (χ1n) is 7.20. The minimum atomic E-state index is -1.07. The Labute approximate surface area is 134 Å². The predicted octanol–water partition coefficient (Wildman–Crippen LogP) is 2.79. The van der Waals surface area contributed by atoms with Crippen LogP contribution in [0.2, 0.25) is 0 Å². The summed E-state index contributed by atoms with van der Waals surface area (Å²) < 4.78 is 10.6. The van der Waals surface area contributed by atoms with E-state index in [-0.39, 0.29) is 11.7 Å². The normalized spacial score (nSPS) is 12.0. The molecular weight excluding hydrogens is 298 g/mol. The highest BCUT2D eigenvalue weighted by molar-refractivity contribution is 5.94. The molecule has 0 fully saturated rings. The molecule has 0 saturated heterocycles. The highest BCUT2D eigenvalue weighted by Gasteiger charge is 2.25.